The summed E-state index contributed by atoms with van der Waals surface area (Å²) in [6.45, 7) is 22.0. The molecule has 5 rings (SSSR count). The van der Waals surface area contributed by atoms with Crippen molar-refractivity contribution in [3.05, 3.63) is 153 Å². The molecule has 4 aromatic carbocycles. The maximum absolute atomic E-state index is 12.9. The third-order valence-electron chi connectivity index (χ3n) is 12.1. The third-order valence-corrected chi connectivity index (χ3v) is 12.1. The summed E-state index contributed by atoms with van der Waals surface area (Å²) in [6, 6.07) is 15.8. The van der Waals surface area contributed by atoms with Gasteiger partial charge in [-0.3, -0.25) is 9.59 Å². The number of hydrogen-bond acceptors (Lipinski definition) is 13. The van der Waals surface area contributed by atoms with Crippen molar-refractivity contribution in [3.63, 3.8) is 0 Å². The van der Waals surface area contributed by atoms with Crippen molar-refractivity contribution in [2.45, 2.75) is 145 Å². The molecule has 0 saturated heterocycles. The summed E-state index contributed by atoms with van der Waals surface area (Å²) in [6.07, 6.45) is 10.8. The summed E-state index contributed by atoms with van der Waals surface area (Å²) in [5.41, 5.74) is 9.09. The number of rotatable bonds is 29. The quantitative estimate of drug-likeness (QED) is 0.0147. The zero-order chi connectivity index (χ0) is 53.4. The molecule has 396 valence electrons. The van der Waals surface area contributed by atoms with Crippen LogP contribution in [0, 0.1) is 0 Å². The number of Topliss-reactive ketones (excluding diaryl/α,β-unsaturated/α-hetero) is 1. The normalized spacial score (nSPS) is 11.6. The third kappa shape index (κ3) is 17.5. The van der Waals surface area contributed by atoms with Gasteiger partial charge < -0.3 is 37.9 Å². The molecule has 13 nitrogen and oxygen atoms in total. The molecule has 13 heteroatoms. The molecule has 0 spiro atoms. The number of carbonyl (C=O) groups excluding carboxylic acids is 5. The van der Waals surface area contributed by atoms with Crippen LogP contribution in [-0.4, -0.2) is 56.1 Å². The van der Waals surface area contributed by atoms with Gasteiger partial charge in [0, 0.05) is 43.9 Å². The number of benzene rings is 4. The number of carbonyl (C=O) groups is 5. The van der Waals surface area contributed by atoms with Gasteiger partial charge in [-0.2, -0.15) is 0 Å². The van der Waals surface area contributed by atoms with Gasteiger partial charge in [-0.15, -0.1) is 0 Å². The molecule has 1 aliphatic rings. The molecule has 74 heavy (non-hydrogen) atoms. The van der Waals surface area contributed by atoms with Crippen LogP contribution < -0.4 is 18.9 Å². The van der Waals surface area contributed by atoms with E-state index in [4.69, 9.17) is 37.9 Å². The fraction of sp³-hybridized carbons (Fsp3) is 0.426. The fourth-order valence-electron chi connectivity index (χ4n) is 8.58. The van der Waals surface area contributed by atoms with Crippen molar-refractivity contribution in [1.82, 2.24) is 0 Å². The Kier molecular flexibility index (Phi) is 23.5. The Morgan fingerprint density at radius 2 is 0.635 bits per heavy atom. The van der Waals surface area contributed by atoms with Crippen LogP contribution in [0.25, 0.3) is 0 Å². The Morgan fingerprint density at radius 3 is 0.838 bits per heavy atom. The van der Waals surface area contributed by atoms with Crippen molar-refractivity contribution >= 4 is 29.7 Å². The topological polar surface area (TPSA) is 159 Å². The molecule has 0 saturated carbocycles. The van der Waals surface area contributed by atoms with Crippen LogP contribution in [0.4, 0.5) is 0 Å². The minimum atomic E-state index is -0.641. The van der Waals surface area contributed by atoms with Gasteiger partial charge in [0.25, 0.3) is 0 Å². The van der Waals surface area contributed by atoms with Gasteiger partial charge in [0.05, 0.1) is 26.4 Å². The van der Waals surface area contributed by atoms with E-state index in [1.54, 1.807) is 0 Å². The van der Waals surface area contributed by atoms with E-state index in [0.29, 0.717) is 71.7 Å². The van der Waals surface area contributed by atoms with Crippen LogP contribution in [-0.2, 0) is 95.0 Å². The molecule has 0 N–H and O–H groups in total. The van der Waals surface area contributed by atoms with Crippen molar-refractivity contribution < 1.29 is 61.9 Å². The number of ether oxygens (including phenoxy) is 8. The molecule has 0 aromatic heterocycles. The highest BCUT2D eigenvalue weighted by Crippen LogP contribution is 2.41. The standard InChI is InChI=1S/C61H74O13/c1-9-16-20-67-58-46-25-42(37-71-54(63)13-5)26-47(58)34-49-28-44(39-73-56(65)15-7)30-51(60(49)69-22-18-11-3)36-53-32-45(40-74-57(66)24-41(8)62)31-52(61(53)70-23-19-12-4)35-50-29-43(38-72-55(64)14-6)27-48(33-46)59(50)68-21-17-10-2/h13-15,25-32H,5-7,9-12,16-24,33-40H2,1-4,8H3. The van der Waals surface area contributed by atoms with E-state index in [1.165, 1.54) is 6.92 Å². The Hall–Kier alpha value is -7.15. The van der Waals surface area contributed by atoms with E-state index in [9.17, 15) is 24.0 Å². The fourth-order valence-corrected chi connectivity index (χ4v) is 8.58. The largest absolute Gasteiger partial charge is 0.493 e. The average Bonchev–Trinajstić information content (AvgIpc) is 3.38. The summed E-state index contributed by atoms with van der Waals surface area (Å²) in [7, 11) is 0. The SMILES string of the molecule is C=CC(=O)OCc1cc2c(OCCCC)c(c1)Cc1cc(COC(=O)C=C)cc(c1OCCCC)Cc1cc(COC(=O)CC(C)=O)cc(c1OCCCC)Cc1cc(COC(=O)C=C)cc(c1OCCCC)C2. The summed E-state index contributed by atoms with van der Waals surface area (Å²) < 4.78 is 50.2. The Balaban J connectivity index is 1.96. The van der Waals surface area contributed by atoms with E-state index in [1.807, 2.05) is 48.5 Å². The Bertz CT molecular complexity index is 2490. The summed E-state index contributed by atoms with van der Waals surface area (Å²) >= 11 is 0. The molecule has 0 radical (unpaired) electrons. The monoisotopic (exact) mass is 1010 g/mol. The first-order chi connectivity index (χ1) is 35.8. The minimum Gasteiger partial charge on any atom is -0.493 e. The van der Waals surface area contributed by atoms with Crippen LogP contribution in [0.5, 0.6) is 23.0 Å². The first-order valence-electron chi connectivity index (χ1n) is 26.0. The number of hydrogen-bond donors (Lipinski definition) is 0. The van der Waals surface area contributed by atoms with E-state index in [2.05, 4.69) is 47.4 Å². The van der Waals surface area contributed by atoms with Gasteiger partial charge >= 0.3 is 23.9 Å². The predicted octanol–water partition coefficient (Wildman–Crippen LogP) is 11.8. The number of fused-ring (bicyclic) bond motifs is 8. The van der Waals surface area contributed by atoms with Crippen molar-refractivity contribution in [1.29, 1.82) is 0 Å². The van der Waals surface area contributed by atoms with Crippen LogP contribution in [0.15, 0.2) is 86.5 Å². The van der Waals surface area contributed by atoms with Gasteiger partial charge in [0.2, 0.25) is 0 Å². The number of esters is 4. The summed E-state index contributed by atoms with van der Waals surface area (Å²) in [4.78, 5) is 62.7. The smallest absolute Gasteiger partial charge is 0.330 e. The molecule has 0 fully saturated rings. The highest BCUT2D eigenvalue weighted by molar-refractivity contribution is 5.94. The first kappa shape index (κ1) is 57.7. The maximum Gasteiger partial charge on any atom is 0.330 e. The molecular weight excluding hydrogens is 941 g/mol. The van der Waals surface area contributed by atoms with Gasteiger partial charge in [0.15, 0.2) is 0 Å². The van der Waals surface area contributed by atoms with Gasteiger partial charge in [0.1, 0.15) is 61.6 Å². The Morgan fingerprint density at radius 1 is 0.405 bits per heavy atom. The summed E-state index contributed by atoms with van der Waals surface area (Å²) in [5, 5.41) is 0. The molecule has 0 amide bonds. The minimum absolute atomic E-state index is 0.0484. The van der Waals surface area contributed by atoms with Crippen LogP contribution in [0.2, 0.25) is 0 Å². The molecule has 0 heterocycles. The predicted molar refractivity (Wildman–Crippen MR) is 284 cm³/mol. The lowest BCUT2D eigenvalue weighted by Crippen LogP contribution is -2.13. The summed E-state index contributed by atoms with van der Waals surface area (Å²) in [5.74, 6) is -0.0952. The maximum atomic E-state index is 12.9. The zero-order valence-corrected chi connectivity index (χ0v) is 44.1. The lowest BCUT2D eigenvalue weighted by atomic mass is 9.88. The molecule has 1 aliphatic carbocycles. The van der Waals surface area contributed by atoms with E-state index in [-0.39, 0.29) is 64.3 Å². The average molecular weight is 1020 g/mol. The van der Waals surface area contributed by atoms with Crippen LogP contribution >= 0.6 is 0 Å². The highest BCUT2D eigenvalue weighted by Gasteiger charge is 2.26. The number of ketones is 1. The van der Waals surface area contributed by atoms with Gasteiger partial charge in [-0.1, -0.05) is 73.1 Å². The van der Waals surface area contributed by atoms with Crippen LogP contribution in [0.1, 0.15) is 159 Å². The Labute approximate surface area is 437 Å². The van der Waals surface area contributed by atoms with E-state index >= 15 is 0 Å². The second kappa shape index (κ2) is 30.1. The van der Waals surface area contributed by atoms with Crippen molar-refractivity contribution in [3.8, 4) is 23.0 Å². The molecule has 4 aromatic rings. The van der Waals surface area contributed by atoms with Crippen molar-refractivity contribution in [2.75, 3.05) is 26.4 Å². The zero-order valence-electron chi connectivity index (χ0n) is 44.1. The molecule has 0 atom stereocenters. The first-order valence-corrected chi connectivity index (χ1v) is 26.0. The van der Waals surface area contributed by atoms with Crippen molar-refractivity contribution in [2.24, 2.45) is 0 Å². The lowest BCUT2D eigenvalue weighted by molar-refractivity contribution is -0.147. The van der Waals surface area contributed by atoms with E-state index < -0.39 is 23.9 Å². The van der Waals surface area contributed by atoms with E-state index in [0.717, 1.165) is 114 Å². The van der Waals surface area contributed by atoms with Gasteiger partial charge in [-0.25, -0.2) is 14.4 Å². The second-order valence-electron chi connectivity index (χ2n) is 18.5. The molecule has 0 unspecified atom stereocenters. The molecular formula is C61H74O13. The molecule has 8 bridgehead atoms. The number of unbranched alkanes of at least 4 members (excludes halogenated alkanes) is 4. The second-order valence-corrected chi connectivity index (χ2v) is 18.5. The highest BCUT2D eigenvalue weighted by atomic mass is 16.5. The molecule has 0 aliphatic heterocycles. The van der Waals surface area contributed by atoms with Crippen LogP contribution in [0.3, 0.4) is 0 Å². The van der Waals surface area contributed by atoms with Gasteiger partial charge in [-0.05, 0) is 148 Å². The lowest BCUT2D eigenvalue weighted by Gasteiger charge is -2.25.